The number of nitrogens with one attached hydrogen (secondary N) is 1. The third kappa shape index (κ3) is 3.78. The molecular weight excluding hydrogens is 321 g/mol. The van der Waals surface area contributed by atoms with Gasteiger partial charge in [0.15, 0.2) is 0 Å². The molecule has 4 heteroatoms. The Kier molecular flexibility index (Phi) is 4.69. The first-order valence-electron chi connectivity index (χ1n) is 6.06. The fourth-order valence-corrected chi connectivity index (χ4v) is 2.03. The molecule has 0 fully saturated rings. The maximum Gasteiger partial charge on any atom is 0.248 e. The second kappa shape index (κ2) is 6.48. The highest BCUT2D eigenvalue weighted by atomic mass is 79.9. The molecule has 0 aliphatic rings. The minimum absolute atomic E-state index is 0.236. The first-order chi connectivity index (χ1) is 9.56. The lowest BCUT2D eigenvalue weighted by atomic mass is 10.2. The van der Waals surface area contributed by atoms with E-state index in [0.717, 1.165) is 21.3 Å². The van der Waals surface area contributed by atoms with Crippen LogP contribution in [-0.4, -0.2) is 5.91 Å². The standard InChI is InChI=1S/C16H13BrFNO/c1-11-3-2-4-14(16(11)17)19-15(20)10-7-12-5-8-13(18)9-6-12/h2-10H,1H3,(H,19,20)/b10-7+. The predicted molar refractivity (Wildman–Crippen MR) is 82.9 cm³/mol. The molecule has 0 aromatic heterocycles. The van der Waals surface area contributed by atoms with Gasteiger partial charge in [0.05, 0.1) is 5.69 Å². The highest BCUT2D eigenvalue weighted by molar-refractivity contribution is 9.10. The highest BCUT2D eigenvalue weighted by Gasteiger charge is 2.04. The van der Waals surface area contributed by atoms with E-state index in [2.05, 4.69) is 21.2 Å². The summed E-state index contributed by atoms with van der Waals surface area (Å²) in [6, 6.07) is 11.6. The molecule has 2 aromatic carbocycles. The molecule has 0 radical (unpaired) electrons. The number of halogens is 2. The van der Waals surface area contributed by atoms with Crippen molar-refractivity contribution < 1.29 is 9.18 Å². The van der Waals surface area contributed by atoms with E-state index in [4.69, 9.17) is 0 Å². The predicted octanol–water partition coefficient (Wildman–Crippen LogP) is 4.55. The van der Waals surface area contributed by atoms with Gasteiger partial charge in [-0.25, -0.2) is 4.39 Å². The summed E-state index contributed by atoms with van der Waals surface area (Å²) in [7, 11) is 0. The molecule has 0 saturated heterocycles. The number of hydrogen-bond donors (Lipinski definition) is 1. The van der Waals surface area contributed by atoms with Crippen molar-refractivity contribution in [1.82, 2.24) is 0 Å². The van der Waals surface area contributed by atoms with Crippen molar-refractivity contribution in [2.45, 2.75) is 6.92 Å². The summed E-state index contributed by atoms with van der Waals surface area (Å²) in [6.07, 6.45) is 3.06. The third-order valence-electron chi connectivity index (χ3n) is 2.75. The van der Waals surface area contributed by atoms with Gasteiger partial charge in [-0.1, -0.05) is 24.3 Å². The summed E-state index contributed by atoms with van der Waals surface area (Å²) in [5.41, 5.74) is 2.54. The Bertz CT molecular complexity index is 650. The molecule has 20 heavy (non-hydrogen) atoms. The molecular formula is C16H13BrFNO. The van der Waals surface area contributed by atoms with Gasteiger partial charge in [0.25, 0.3) is 0 Å². The highest BCUT2D eigenvalue weighted by Crippen LogP contribution is 2.25. The maximum absolute atomic E-state index is 12.7. The Morgan fingerprint density at radius 1 is 1.20 bits per heavy atom. The maximum atomic E-state index is 12.7. The van der Waals surface area contributed by atoms with Gasteiger partial charge in [0, 0.05) is 10.5 Å². The van der Waals surface area contributed by atoms with E-state index in [1.165, 1.54) is 18.2 Å². The van der Waals surface area contributed by atoms with Gasteiger partial charge in [0.1, 0.15) is 5.82 Å². The molecule has 102 valence electrons. The number of aryl methyl sites for hydroxylation is 1. The van der Waals surface area contributed by atoms with Crippen LogP contribution < -0.4 is 5.32 Å². The van der Waals surface area contributed by atoms with Gasteiger partial charge in [-0.15, -0.1) is 0 Å². The van der Waals surface area contributed by atoms with Crippen LogP contribution in [0.15, 0.2) is 53.0 Å². The molecule has 0 atom stereocenters. The first kappa shape index (κ1) is 14.5. The summed E-state index contributed by atoms with van der Waals surface area (Å²) in [4.78, 5) is 11.8. The molecule has 0 heterocycles. The number of carbonyl (C=O) groups excluding carboxylic acids is 1. The molecule has 1 amide bonds. The average Bonchev–Trinajstić information content (AvgIpc) is 2.43. The summed E-state index contributed by atoms with van der Waals surface area (Å²) in [5.74, 6) is -0.532. The molecule has 2 rings (SSSR count). The SMILES string of the molecule is Cc1cccc(NC(=O)/C=C/c2ccc(F)cc2)c1Br. The summed E-state index contributed by atoms with van der Waals surface area (Å²) in [5, 5.41) is 2.79. The molecule has 2 aromatic rings. The molecule has 0 saturated carbocycles. The van der Waals surface area contributed by atoms with Gasteiger partial charge < -0.3 is 5.32 Å². The van der Waals surface area contributed by atoms with E-state index in [9.17, 15) is 9.18 Å². The van der Waals surface area contributed by atoms with Crippen LogP contribution >= 0.6 is 15.9 Å². The number of anilines is 1. The van der Waals surface area contributed by atoms with Crippen molar-refractivity contribution in [3.8, 4) is 0 Å². The Morgan fingerprint density at radius 2 is 1.90 bits per heavy atom. The molecule has 1 N–H and O–H groups in total. The lowest BCUT2D eigenvalue weighted by molar-refractivity contribution is -0.111. The minimum Gasteiger partial charge on any atom is -0.321 e. The molecule has 0 aliphatic carbocycles. The molecule has 0 bridgehead atoms. The van der Waals surface area contributed by atoms with E-state index in [-0.39, 0.29) is 11.7 Å². The van der Waals surface area contributed by atoms with Gasteiger partial charge in [-0.2, -0.15) is 0 Å². The lowest BCUT2D eigenvalue weighted by Crippen LogP contribution is -2.08. The zero-order valence-electron chi connectivity index (χ0n) is 10.9. The second-order valence-electron chi connectivity index (χ2n) is 4.31. The van der Waals surface area contributed by atoms with Crippen molar-refractivity contribution >= 4 is 33.6 Å². The summed E-state index contributed by atoms with van der Waals surface area (Å²) in [6.45, 7) is 1.95. The van der Waals surface area contributed by atoms with Crippen LogP contribution in [0.3, 0.4) is 0 Å². The molecule has 0 spiro atoms. The first-order valence-corrected chi connectivity index (χ1v) is 6.85. The minimum atomic E-state index is -0.296. The summed E-state index contributed by atoms with van der Waals surface area (Å²) >= 11 is 3.43. The van der Waals surface area contributed by atoms with Crippen molar-refractivity contribution in [1.29, 1.82) is 0 Å². The quantitative estimate of drug-likeness (QED) is 0.820. The van der Waals surface area contributed by atoms with E-state index >= 15 is 0 Å². The van der Waals surface area contributed by atoms with Gasteiger partial charge in [0.2, 0.25) is 5.91 Å². The third-order valence-corrected chi connectivity index (χ3v) is 3.80. The Balaban J connectivity index is 2.05. The van der Waals surface area contributed by atoms with E-state index in [1.807, 2.05) is 25.1 Å². The number of hydrogen-bond acceptors (Lipinski definition) is 1. The van der Waals surface area contributed by atoms with E-state index < -0.39 is 0 Å². The average molecular weight is 334 g/mol. The van der Waals surface area contributed by atoms with Crippen LogP contribution in [0.5, 0.6) is 0 Å². The fraction of sp³-hybridized carbons (Fsp3) is 0.0625. The fourth-order valence-electron chi connectivity index (χ4n) is 1.66. The van der Waals surface area contributed by atoms with Crippen LogP contribution in [0.4, 0.5) is 10.1 Å². The largest absolute Gasteiger partial charge is 0.321 e. The van der Waals surface area contributed by atoms with Gasteiger partial charge in [-0.3, -0.25) is 4.79 Å². The van der Waals surface area contributed by atoms with Crippen LogP contribution in [-0.2, 0) is 4.79 Å². The van der Waals surface area contributed by atoms with Crippen molar-refractivity contribution in [2.24, 2.45) is 0 Å². The van der Waals surface area contributed by atoms with Gasteiger partial charge >= 0.3 is 0 Å². The van der Waals surface area contributed by atoms with E-state index in [0.29, 0.717) is 0 Å². The molecule has 0 aliphatic heterocycles. The lowest BCUT2D eigenvalue weighted by Gasteiger charge is -2.07. The molecule has 0 unspecified atom stereocenters. The normalized spacial score (nSPS) is 10.8. The van der Waals surface area contributed by atoms with Crippen LogP contribution in [0.1, 0.15) is 11.1 Å². The number of amides is 1. The number of benzene rings is 2. The monoisotopic (exact) mass is 333 g/mol. The number of rotatable bonds is 3. The Labute approximate surface area is 125 Å². The van der Waals surface area contributed by atoms with Crippen LogP contribution in [0, 0.1) is 12.7 Å². The zero-order chi connectivity index (χ0) is 14.5. The van der Waals surface area contributed by atoms with Crippen LogP contribution in [0.25, 0.3) is 6.08 Å². The van der Waals surface area contributed by atoms with Crippen molar-refractivity contribution in [3.63, 3.8) is 0 Å². The van der Waals surface area contributed by atoms with Crippen LogP contribution in [0.2, 0.25) is 0 Å². The Morgan fingerprint density at radius 3 is 2.60 bits per heavy atom. The smallest absolute Gasteiger partial charge is 0.248 e. The molecule has 2 nitrogen and oxygen atoms in total. The van der Waals surface area contributed by atoms with Crippen molar-refractivity contribution in [2.75, 3.05) is 5.32 Å². The van der Waals surface area contributed by atoms with Gasteiger partial charge in [-0.05, 0) is 58.3 Å². The summed E-state index contributed by atoms with van der Waals surface area (Å²) < 4.78 is 13.6. The zero-order valence-corrected chi connectivity index (χ0v) is 12.4. The Hall–Kier alpha value is -1.94. The topological polar surface area (TPSA) is 29.1 Å². The number of carbonyl (C=O) groups is 1. The second-order valence-corrected chi connectivity index (χ2v) is 5.10. The van der Waals surface area contributed by atoms with E-state index in [1.54, 1.807) is 18.2 Å². The van der Waals surface area contributed by atoms with Crippen molar-refractivity contribution in [3.05, 3.63) is 70.0 Å².